The van der Waals surface area contributed by atoms with E-state index in [1.165, 1.54) is 116 Å². The predicted octanol–water partition coefficient (Wildman–Crippen LogP) is 8.00. The molecule has 0 aromatic heterocycles. The van der Waals surface area contributed by atoms with Crippen LogP contribution in [0.1, 0.15) is 142 Å². The van der Waals surface area contributed by atoms with Gasteiger partial charge in [-0.25, -0.2) is 8.42 Å². The Morgan fingerprint density at radius 1 is 0.545 bits per heavy atom. The van der Waals surface area contributed by atoms with Crippen molar-refractivity contribution in [2.45, 2.75) is 142 Å². The Balaban J connectivity index is 0. The average molecular weight is 494 g/mol. The van der Waals surface area contributed by atoms with E-state index in [1.54, 1.807) is 0 Å². The molecular weight excluding hydrogens is 434 g/mol. The van der Waals surface area contributed by atoms with Gasteiger partial charge in [0.2, 0.25) is 10.4 Å². The molecule has 0 saturated carbocycles. The van der Waals surface area contributed by atoms with E-state index in [2.05, 4.69) is 39.2 Å². The first-order chi connectivity index (χ1) is 15.6. The van der Waals surface area contributed by atoms with E-state index in [0.717, 1.165) is 17.3 Å². The summed E-state index contributed by atoms with van der Waals surface area (Å²) in [5.41, 5.74) is 0. The molecule has 0 amide bonds. The van der Waals surface area contributed by atoms with Crippen LogP contribution in [0.15, 0.2) is 0 Å². The lowest BCUT2D eigenvalue weighted by Gasteiger charge is -2.23. The Hall–Kier alpha value is -0.170. The van der Waals surface area contributed by atoms with Gasteiger partial charge in [-0.1, -0.05) is 123 Å². The van der Waals surface area contributed by atoms with Crippen molar-refractivity contribution in [3.8, 4) is 0 Å². The molecule has 0 aliphatic carbocycles. The van der Waals surface area contributed by atoms with Gasteiger partial charge in [-0.15, -0.1) is 0 Å². The standard InChI is InChI=1S/C14H30O4S.C13H30N/c1-2-3-4-5-6-7-8-9-10-11-12-13-14-18-19(15,16)17;1-5-6-7-8-9-10-11-12-13-14(2,3)4/h2-14H2,1H3,(H,15,16,17);5-13H2,1-4H3/q;+1/p-1. The van der Waals surface area contributed by atoms with E-state index in [0.29, 0.717) is 6.42 Å². The number of unbranched alkanes of at least 4 members (excludes halogenated alkanes) is 18. The van der Waals surface area contributed by atoms with Crippen LogP contribution in [-0.2, 0) is 14.6 Å². The second-order valence-corrected chi connectivity index (χ2v) is 11.7. The van der Waals surface area contributed by atoms with Gasteiger partial charge >= 0.3 is 0 Å². The summed E-state index contributed by atoms with van der Waals surface area (Å²) in [6.07, 6.45) is 26.0. The van der Waals surface area contributed by atoms with E-state index >= 15 is 0 Å². The Morgan fingerprint density at radius 2 is 0.848 bits per heavy atom. The highest BCUT2D eigenvalue weighted by molar-refractivity contribution is 7.80. The van der Waals surface area contributed by atoms with Crippen LogP contribution in [0.4, 0.5) is 0 Å². The fourth-order valence-corrected chi connectivity index (χ4v) is 4.15. The summed E-state index contributed by atoms with van der Waals surface area (Å²) in [4.78, 5) is 0. The summed E-state index contributed by atoms with van der Waals surface area (Å²) in [5, 5.41) is 0. The van der Waals surface area contributed by atoms with Gasteiger partial charge in [-0.2, -0.15) is 0 Å². The van der Waals surface area contributed by atoms with E-state index in [1.807, 2.05) is 0 Å². The molecule has 0 aliphatic heterocycles. The lowest BCUT2D eigenvalue weighted by molar-refractivity contribution is -0.870. The van der Waals surface area contributed by atoms with Gasteiger partial charge in [-0.05, 0) is 19.3 Å². The highest BCUT2D eigenvalue weighted by Gasteiger charge is 2.04. The van der Waals surface area contributed by atoms with Crippen molar-refractivity contribution in [3.63, 3.8) is 0 Å². The molecule has 5 nitrogen and oxygen atoms in total. The molecule has 0 radical (unpaired) electrons. The zero-order valence-corrected chi connectivity index (χ0v) is 23.9. The molecule has 33 heavy (non-hydrogen) atoms. The van der Waals surface area contributed by atoms with Crippen molar-refractivity contribution in [3.05, 3.63) is 0 Å². The quantitative estimate of drug-likeness (QED) is 0.0626. The van der Waals surface area contributed by atoms with E-state index in [4.69, 9.17) is 0 Å². The van der Waals surface area contributed by atoms with Gasteiger partial charge in [-0.3, -0.25) is 4.18 Å². The minimum atomic E-state index is -4.49. The SMILES string of the molecule is CCCCCCCCCCCCCCOS(=O)(=O)[O-].CCCCCCCCCC[N+](C)(C)C. The molecule has 0 atom stereocenters. The van der Waals surface area contributed by atoms with Gasteiger partial charge in [0.25, 0.3) is 0 Å². The largest absolute Gasteiger partial charge is 0.726 e. The topological polar surface area (TPSA) is 66.4 Å². The molecule has 0 fully saturated rings. The number of hydrogen-bond acceptors (Lipinski definition) is 4. The maximum atomic E-state index is 10.2. The molecule has 6 heteroatoms. The van der Waals surface area contributed by atoms with Crippen LogP contribution in [0, 0.1) is 0 Å². The molecule has 0 spiro atoms. The molecule has 0 unspecified atom stereocenters. The van der Waals surface area contributed by atoms with Gasteiger partial charge in [0.1, 0.15) is 0 Å². The zero-order valence-electron chi connectivity index (χ0n) is 23.0. The minimum absolute atomic E-state index is 0.0310. The van der Waals surface area contributed by atoms with Crippen LogP contribution in [-0.4, -0.2) is 51.7 Å². The first-order valence-electron chi connectivity index (χ1n) is 14.0. The Labute approximate surface area is 208 Å². The monoisotopic (exact) mass is 493 g/mol. The summed E-state index contributed by atoms with van der Waals surface area (Å²) >= 11 is 0. The molecule has 0 N–H and O–H groups in total. The van der Waals surface area contributed by atoms with Crippen LogP contribution in [0.25, 0.3) is 0 Å². The van der Waals surface area contributed by atoms with Crippen molar-refractivity contribution in [2.24, 2.45) is 0 Å². The second kappa shape index (κ2) is 24.9. The molecule has 202 valence electrons. The molecule has 0 saturated heterocycles. The normalized spacial score (nSPS) is 11.9. The first-order valence-corrected chi connectivity index (χ1v) is 15.4. The van der Waals surface area contributed by atoms with Crippen LogP contribution in [0.5, 0.6) is 0 Å². The van der Waals surface area contributed by atoms with Gasteiger partial charge in [0.05, 0.1) is 34.3 Å². The molecule has 0 aromatic rings. The van der Waals surface area contributed by atoms with Crippen molar-refractivity contribution in [1.82, 2.24) is 0 Å². The molecule has 0 heterocycles. The smallest absolute Gasteiger partial charge is 0.217 e. The predicted molar refractivity (Wildman–Crippen MR) is 142 cm³/mol. The van der Waals surface area contributed by atoms with E-state index in [9.17, 15) is 13.0 Å². The molecule has 0 rings (SSSR count). The number of rotatable bonds is 23. The van der Waals surface area contributed by atoms with Crippen molar-refractivity contribution in [1.29, 1.82) is 0 Å². The third-order valence-electron chi connectivity index (χ3n) is 5.91. The molecule has 0 bridgehead atoms. The fourth-order valence-electron chi connectivity index (χ4n) is 3.82. The van der Waals surface area contributed by atoms with Crippen molar-refractivity contribution in [2.75, 3.05) is 34.3 Å². The third kappa shape index (κ3) is 39.3. The maximum absolute atomic E-state index is 10.2. The maximum Gasteiger partial charge on any atom is 0.217 e. The van der Waals surface area contributed by atoms with Crippen LogP contribution in [0.2, 0.25) is 0 Å². The Kier molecular flexibility index (Phi) is 26.4. The second-order valence-electron chi connectivity index (χ2n) is 10.6. The Morgan fingerprint density at radius 3 is 1.15 bits per heavy atom. The average Bonchev–Trinajstić information content (AvgIpc) is 2.72. The van der Waals surface area contributed by atoms with Crippen molar-refractivity contribution >= 4 is 10.4 Å². The third-order valence-corrected chi connectivity index (χ3v) is 6.36. The zero-order chi connectivity index (χ0) is 25.3. The minimum Gasteiger partial charge on any atom is -0.726 e. The summed E-state index contributed by atoms with van der Waals surface area (Å²) in [6, 6.07) is 0. The number of hydrogen-bond donors (Lipinski definition) is 0. The first kappa shape index (κ1) is 35.0. The summed E-state index contributed by atoms with van der Waals surface area (Å²) in [7, 11) is 2.35. The van der Waals surface area contributed by atoms with Crippen LogP contribution < -0.4 is 0 Å². The lowest BCUT2D eigenvalue weighted by Crippen LogP contribution is -2.35. The lowest BCUT2D eigenvalue weighted by atomic mass is 10.1. The highest BCUT2D eigenvalue weighted by Crippen LogP contribution is 2.12. The Bertz CT molecular complexity index is 475. The fraction of sp³-hybridized carbons (Fsp3) is 1.00. The van der Waals surface area contributed by atoms with E-state index < -0.39 is 10.4 Å². The highest BCUT2D eigenvalue weighted by atomic mass is 32.3. The summed E-state index contributed by atoms with van der Waals surface area (Å²) < 4.78 is 35.7. The van der Waals surface area contributed by atoms with E-state index in [-0.39, 0.29) is 6.61 Å². The van der Waals surface area contributed by atoms with Gasteiger partial charge in [0.15, 0.2) is 0 Å². The molecule has 0 aliphatic rings. The summed E-state index contributed by atoms with van der Waals surface area (Å²) in [6.45, 7) is 5.87. The summed E-state index contributed by atoms with van der Waals surface area (Å²) in [5.74, 6) is 0. The molecule has 0 aromatic carbocycles. The molecular formula is C27H59NO4S. The van der Waals surface area contributed by atoms with Crippen molar-refractivity contribution < 1.29 is 21.6 Å². The van der Waals surface area contributed by atoms with Crippen LogP contribution in [0.3, 0.4) is 0 Å². The van der Waals surface area contributed by atoms with Gasteiger partial charge in [0, 0.05) is 0 Å². The van der Waals surface area contributed by atoms with Crippen LogP contribution >= 0.6 is 0 Å². The number of quaternary nitrogens is 1. The number of nitrogens with zero attached hydrogens (tertiary/aromatic N) is 1. The van der Waals surface area contributed by atoms with Gasteiger partial charge < -0.3 is 9.04 Å².